The number of benzene rings is 1. The molecule has 0 aromatic heterocycles. The second kappa shape index (κ2) is 5.77. The number of hydrogen-bond acceptors (Lipinski definition) is 5. The molecule has 0 heterocycles. The van der Waals surface area contributed by atoms with E-state index in [1.165, 1.54) is 6.26 Å². The normalized spacial score (nSPS) is 11.0. The maximum Gasteiger partial charge on any atom is 0.149 e. The maximum absolute atomic E-state index is 11.0. The molecule has 96 valence electrons. The predicted octanol–water partition coefficient (Wildman–Crippen LogP) is 1.16. The zero-order chi connectivity index (χ0) is 12.9. The minimum absolute atomic E-state index is 0.0855. The van der Waals surface area contributed by atoms with Crippen molar-refractivity contribution >= 4 is 15.5 Å². The number of hydrogen-bond donors (Lipinski definition) is 1. The van der Waals surface area contributed by atoms with Crippen LogP contribution in [-0.2, 0) is 9.84 Å². The number of sulfone groups is 1. The Labute approximate surface area is 102 Å². The fourth-order valence-electron chi connectivity index (χ4n) is 1.32. The van der Waals surface area contributed by atoms with Crippen LogP contribution in [0.4, 0.5) is 5.69 Å². The molecule has 17 heavy (non-hydrogen) atoms. The molecule has 5 nitrogen and oxygen atoms in total. The monoisotopic (exact) mass is 259 g/mol. The lowest BCUT2D eigenvalue weighted by Gasteiger charge is -2.11. The second-order valence-corrected chi connectivity index (χ2v) is 5.88. The summed E-state index contributed by atoms with van der Waals surface area (Å²) < 4.78 is 32.2. The zero-order valence-corrected chi connectivity index (χ0v) is 11.0. The molecule has 0 spiro atoms. The van der Waals surface area contributed by atoms with Crippen LogP contribution in [0.25, 0.3) is 0 Å². The van der Waals surface area contributed by atoms with Gasteiger partial charge in [0.2, 0.25) is 0 Å². The van der Waals surface area contributed by atoms with Crippen LogP contribution in [0.3, 0.4) is 0 Å². The first-order valence-corrected chi connectivity index (χ1v) is 7.16. The third-order valence-corrected chi connectivity index (χ3v) is 3.14. The SMILES string of the molecule is COc1ccc(NCCS(C)(=O)=O)c(OC)c1. The van der Waals surface area contributed by atoms with Crippen LogP contribution in [-0.4, -0.2) is 41.2 Å². The molecular weight excluding hydrogens is 242 g/mol. The number of nitrogens with one attached hydrogen (secondary N) is 1. The van der Waals surface area contributed by atoms with Crippen molar-refractivity contribution < 1.29 is 17.9 Å². The van der Waals surface area contributed by atoms with Gasteiger partial charge < -0.3 is 14.8 Å². The lowest BCUT2D eigenvalue weighted by molar-refractivity contribution is 0.395. The van der Waals surface area contributed by atoms with E-state index in [1.807, 2.05) is 0 Å². The van der Waals surface area contributed by atoms with Gasteiger partial charge in [-0.1, -0.05) is 0 Å². The van der Waals surface area contributed by atoms with Crippen LogP contribution in [0.2, 0.25) is 0 Å². The van der Waals surface area contributed by atoms with Crippen LogP contribution in [0.5, 0.6) is 11.5 Å². The number of rotatable bonds is 6. The standard InChI is InChI=1S/C11H17NO4S/c1-15-9-4-5-10(11(8-9)16-2)12-6-7-17(3,13)14/h4-5,8,12H,6-7H2,1-3H3. The second-order valence-electron chi connectivity index (χ2n) is 3.62. The minimum Gasteiger partial charge on any atom is -0.497 e. The minimum atomic E-state index is -2.95. The van der Waals surface area contributed by atoms with E-state index in [-0.39, 0.29) is 5.75 Å². The van der Waals surface area contributed by atoms with Gasteiger partial charge in [0.25, 0.3) is 0 Å². The molecule has 0 aliphatic heterocycles. The molecule has 0 aliphatic carbocycles. The van der Waals surface area contributed by atoms with E-state index >= 15 is 0 Å². The Morgan fingerprint density at radius 3 is 2.47 bits per heavy atom. The van der Waals surface area contributed by atoms with Crippen molar-refractivity contribution in [3.63, 3.8) is 0 Å². The van der Waals surface area contributed by atoms with Crippen molar-refractivity contribution in [2.45, 2.75) is 0 Å². The summed E-state index contributed by atoms with van der Waals surface area (Å²) in [5.74, 6) is 1.40. The smallest absolute Gasteiger partial charge is 0.149 e. The fraction of sp³-hybridized carbons (Fsp3) is 0.455. The summed E-state index contributed by atoms with van der Waals surface area (Å²) in [6, 6.07) is 5.31. The van der Waals surface area contributed by atoms with Gasteiger partial charge in [-0.25, -0.2) is 8.42 Å². The van der Waals surface area contributed by atoms with E-state index in [2.05, 4.69) is 5.32 Å². The van der Waals surface area contributed by atoms with E-state index in [0.29, 0.717) is 18.0 Å². The molecule has 0 saturated carbocycles. The molecule has 0 bridgehead atoms. The summed E-state index contributed by atoms with van der Waals surface area (Å²) in [5.41, 5.74) is 0.747. The first-order valence-electron chi connectivity index (χ1n) is 5.10. The molecule has 1 aromatic carbocycles. The predicted molar refractivity (Wildman–Crippen MR) is 67.7 cm³/mol. The number of ether oxygens (including phenoxy) is 2. The largest absolute Gasteiger partial charge is 0.497 e. The molecule has 0 fully saturated rings. The van der Waals surface area contributed by atoms with E-state index < -0.39 is 9.84 Å². The van der Waals surface area contributed by atoms with Crippen LogP contribution >= 0.6 is 0 Å². The Bertz CT molecular complexity index is 470. The highest BCUT2D eigenvalue weighted by Crippen LogP contribution is 2.28. The first-order chi connectivity index (χ1) is 7.96. The molecule has 0 saturated heterocycles. The van der Waals surface area contributed by atoms with Crippen LogP contribution in [0.1, 0.15) is 0 Å². The molecule has 0 atom stereocenters. The maximum atomic E-state index is 11.0. The van der Waals surface area contributed by atoms with Crippen molar-refractivity contribution in [1.29, 1.82) is 0 Å². The van der Waals surface area contributed by atoms with Crippen molar-refractivity contribution in [2.24, 2.45) is 0 Å². The van der Waals surface area contributed by atoms with E-state index in [0.717, 1.165) is 5.69 Å². The first kappa shape index (κ1) is 13.6. The van der Waals surface area contributed by atoms with Crippen molar-refractivity contribution in [3.8, 4) is 11.5 Å². The molecule has 0 aliphatic rings. The lowest BCUT2D eigenvalue weighted by atomic mass is 10.2. The van der Waals surface area contributed by atoms with Gasteiger partial charge >= 0.3 is 0 Å². The summed E-state index contributed by atoms with van der Waals surface area (Å²) in [4.78, 5) is 0. The van der Waals surface area contributed by atoms with E-state index in [1.54, 1.807) is 32.4 Å². The van der Waals surface area contributed by atoms with Gasteiger partial charge in [0.1, 0.15) is 21.3 Å². The van der Waals surface area contributed by atoms with Gasteiger partial charge in [-0.3, -0.25) is 0 Å². The Morgan fingerprint density at radius 1 is 1.24 bits per heavy atom. The van der Waals surface area contributed by atoms with Crippen LogP contribution in [0.15, 0.2) is 18.2 Å². The molecule has 1 rings (SSSR count). The molecule has 0 radical (unpaired) electrons. The summed E-state index contributed by atoms with van der Waals surface area (Å²) in [5, 5.41) is 3.01. The molecule has 0 amide bonds. The summed E-state index contributed by atoms with van der Waals surface area (Å²) in [6.45, 7) is 0.349. The van der Waals surface area contributed by atoms with Gasteiger partial charge in [0.15, 0.2) is 0 Å². The lowest BCUT2D eigenvalue weighted by Crippen LogP contribution is -2.14. The number of anilines is 1. The fourth-order valence-corrected chi connectivity index (χ4v) is 1.79. The summed E-state index contributed by atoms with van der Waals surface area (Å²) in [6.07, 6.45) is 1.21. The van der Waals surface area contributed by atoms with Gasteiger partial charge in [-0.05, 0) is 12.1 Å². The Kier molecular flexibility index (Phi) is 4.62. The highest BCUT2D eigenvalue weighted by atomic mass is 32.2. The highest BCUT2D eigenvalue weighted by molar-refractivity contribution is 7.90. The third kappa shape index (κ3) is 4.52. The third-order valence-electron chi connectivity index (χ3n) is 2.20. The molecule has 1 aromatic rings. The Balaban J connectivity index is 2.70. The molecule has 0 unspecified atom stereocenters. The average molecular weight is 259 g/mol. The Hall–Kier alpha value is -1.43. The average Bonchev–Trinajstić information content (AvgIpc) is 2.27. The van der Waals surface area contributed by atoms with Crippen LogP contribution < -0.4 is 14.8 Å². The van der Waals surface area contributed by atoms with Gasteiger partial charge in [0, 0.05) is 18.9 Å². The van der Waals surface area contributed by atoms with Gasteiger partial charge in [-0.2, -0.15) is 0 Å². The zero-order valence-electron chi connectivity index (χ0n) is 10.2. The summed E-state index contributed by atoms with van der Waals surface area (Å²) >= 11 is 0. The van der Waals surface area contributed by atoms with Crippen LogP contribution in [0, 0.1) is 0 Å². The molecular formula is C11H17NO4S. The van der Waals surface area contributed by atoms with Gasteiger partial charge in [-0.15, -0.1) is 0 Å². The van der Waals surface area contributed by atoms with Gasteiger partial charge in [0.05, 0.1) is 25.7 Å². The highest BCUT2D eigenvalue weighted by Gasteiger charge is 2.06. The summed E-state index contributed by atoms with van der Waals surface area (Å²) in [7, 11) is 0.172. The molecule has 6 heteroatoms. The quantitative estimate of drug-likeness (QED) is 0.830. The number of methoxy groups -OCH3 is 2. The Morgan fingerprint density at radius 2 is 1.94 bits per heavy atom. The molecule has 1 N–H and O–H groups in total. The van der Waals surface area contributed by atoms with E-state index in [9.17, 15) is 8.42 Å². The van der Waals surface area contributed by atoms with E-state index in [4.69, 9.17) is 9.47 Å². The van der Waals surface area contributed by atoms with Crippen molar-refractivity contribution in [2.75, 3.05) is 38.1 Å². The van der Waals surface area contributed by atoms with Crippen molar-refractivity contribution in [1.82, 2.24) is 0 Å². The van der Waals surface area contributed by atoms with Crippen molar-refractivity contribution in [3.05, 3.63) is 18.2 Å². The topological polar surface area (TPSA) is 64.6 Å².